The number of aromatic nitrogens is 3. The van der Waals surface area contributed by atoms with Gasteiger partial charge in [0.2, 0.25) is 0 Å². The topological polar surface area (TPSA) is 42.7 Å². The summed E-state index contributed by atoms with van der Waals surface area (Å²) < 4.78 is 1.90. The van der Waals surface area contributed by atoms with Crippen molar-refractivity contribution in [3.63, 3.8) is 0 Å². The first kappa shape index (κ1) is 15.2. The summed E-state index contributed by atoms with van der Waals surface area (Å²) in [6.45, 7) is 9.64. The van der Waals surface area contributed by atoms with Crippen LogP contribution in [0, 0.1) is 0 Å². The van der Waals surface area contributed by atoms with Gasteiger partial charge in [0.25, 0.3) is 0 Å². The third-order valence-electron chi connectivity index (χ3n) is 3.31. The van der Waals surface area contributed by atoms with Crippen LogP contribution in [0.25, 0.3) is 0 Å². The van der Waals surface area contributed by atoms with E-state index in [0.717, 1.165) is 18.0 Å². The van der Waals surface area contributed by atoms with Crippen molar-refractivity contribution in [2.24, 2.45) is 7.05 Å². The van der Waals surface area contributed by atoms with Crippen LogP contribution >= 0.6 is 11.3 Å². The summed E-state index contributed by atoms with van der Waals surface area (Å²) in [4.78, 5) is 4.41. The summed E-state index contributed by atoms with van der Waals surface area (Å²) in [5.74, 6) is 0. The fourth-order valence-corrected chi connectivity index (χ4v) is 3.14. The van der Waals surface area contributed by atoms with Crippen molar-refractivity contribution < 1.29 is 0 Å². The monoisotopic (exact) mass is 292 g/mol. The van der Waals surface area contributed by atoms with Gasteiger partial charge in [-0.1, -0.05) is 27.7 Å². The second-order valence-electron chi connectivity index (χ2n) is 6.14. The highest BCUT2D eigenvalue weighted by atomic mass is 32.1. The average molecular weight is 292 g/mol. The highest BCUT2D eigenvalue weighted by molar-refractivity contribution is 7.09. The molecule has 1 unspecified atom stereocenters. The predicted molar refractivity (Wildman–Crippen MR) is 83.9 cm³/mol. The summed E-state index contributed by atoms with van der Waals surface area (Å²) >= 11 is 1.71. The Balaban J connectivity index is 2.11. The highest BCUT2D eigenvalue weighted by Crippen LogP contribution is 2.25. The van der Waals surface area contributed by atoms with Crippen LogP contribution in [0.3, 0.4) is 0 Å². The molecule has 0 spiro atoms. The van der Waals surface area contributed by atoms with Gasteiger partial charge in [0.05, 0.1) is 11.7 Å². The molecule has 2 aromatic rings. The average Bonchev–Trinajstić information content (AvgIpc) is 2.99. The van der Waals surface area contributed by atoms with Gasteiger partial charge in [0.15, 0.2) is 0 Å². The molecule has 1 atom stereocenters. The third kappa shape index (κ3) is 3.46. The van der Waals surface area contributed by atoms with Gasteiger partial charge in [-0.25, -0.2) is 4.98 Å². The normalized spacial score (nSPS) is 13.7. The summed E-state index contributed by atoms with van der Waals surface area (Å²) in [5, 5.41) is 11.4. The second kappa shape index (κ2) is 6.06. The lowest BCUT2D eigenvalue weighted by atomic mass is 9.89. The number of nitrogens with zero attached hydrogens (tertiary/aromatic N) is 3. The zero-order valence-corrected chi connectivity index (χ0v) is 13.8. The lowest BCUT2D eigenvalue weighted by Gasteiger charge is -2.19. The van der Waals surface area contributed by atoms with Gasteiger partial charge < -0.3 is 5.32 Å². The fourth-order valence-electron chi connectivity index (χ4n) is 2.34. The molecular weight excluding hydrogens is 268 g/mol. The first-order valence-corrected chi connectivity index (χ1v) is 7.95. The molecular formula is C15H24N4S. The van der Waals surface area contributed by atoms with E-state index in [0.29, 0.717) is 6.04 Å². The Kier molecular flexibility index (Phi) is 4.60. The number of rotatable bonds is 5. The van der Waals surface area contributed by atoms with E-state index in [2.05, 4.69) is 49.3 Å². The van der Waals surface area contributed by atoms with Crippen molar-refractivity contribution in [3.05, 3.63) is 34.0 Å². The van der Waals surface area contributed by atoms with E-state index in [1.165, 1.54) is 11.3 Å². The Morgan fingerprint density at radius 1 is 1.40 bits per heavy atom. The summed E-state index contributed by atoms with van der Waals surface area (Å²) in [5.41, 5.74) is 2.51. The predicted octanol–water partition coefficient (Wildman–Crippen LogP) is 3.42. The van der Waals surface area contributed by atoms with Crippen molar-refractivity contribution in [2.75, 3.05) is 0 Å². The Morgan fingerprint density at radius 3 is 2.70 bits per heavy atom. The molecule has 2 rings (SSSR count). The Labute approximate surface area is 125 Å². The summed E-state index contributed by atoms with van der Waals surface area (Å²) in [7, 11) is 1.98. The van der Waals surface area contributed by atoms with E-state index < -0.39 is 0 Å². The van der Waals surface area contributed by atoms with Gasteiger partial charge in [-0.2, -0.15) is 5.10 Å². The highest BCUT2D eigenvalue weighted by Gasteiger charge is 2.22. The molecule has 0 fully saturated rings. The molecule has 0 saturated carbocycles. The van der Waals surface area contributed by atoms with Crippen LogP contribution in [0.4, 0.5) is 0 Å². The Morgan fingerprint density at radius 2 is 2.15 bits per heavy atom. The second-order valence-corrected chi connectivity index (χ2v) is 7.06. The minimum atomic E-state index is 0.0706. The molecule has 0 radical (unpaired) electrons. The van der Waals surface area contributed by atoms with Gasteiger partial charge in [-0.3, -0.25) is 4.68 Å². The van der Waals surface area contributed by atoms with Crippen molar-refractivity contribution in [2.45, 2.75) is 52.1 Å². The molecule has 0 aliphatic rings. The molecule has 2 heterocycles. The van der Waals surface area contributed by atoms with Crippen molar-refractivity contribution in [3.8, 4) is 0 Å². The zero-order valence-electron chi connectivity index (χ0n) is 13.0. The van der Waals surface area contributed by atoms with Crippen LogP contribution < -0.4 is 5.32 Å². The molecule has 110 valence electrons. The first-order chi connectivity index (χ1) is 9.41. The van der Waals surface area contributed by atoms with Gasteiger partial charge in [-0.15, -0.1) is 11.3 Å². The molecule has 0 aliphatic heterocycles. The lowest BCUT2D eigenvalue weighted by molar-refractivity contribution is 0.503. The van der Waals surface area contributed by atoms with E-state index in [1.54, 1.807) is 11.3 Å². The van der Waals surface area contributed by atoms with E-state index in [9.17, 15) is 0 Å². The minimum absolute atomic E-state index is 0.0706. The molecule has 2 aromatic heterocycles. The Bertz CT molecular complexity index is 537. The summed E-state index contributed by atoms with van der Waals surface area (Å²) in [6, 6.07) is 0.322. The van der Waals surface area contributed by atoms with Crippen LogP contribution in [0.15, 0.2) is 17.8 Å². The number of hydrogen-bond donors (Lipinski definition) is 1. The zero-order chi connectivity index (χ0) is 14.8. The van der Waals surface area contributed by atoms with Crippen LogP contribution in [-0.2, 0) is 19.0 Å². The maximum absolute atomic E-state index is 4.61. The first-order valence-electron chi connectivity index (χ1n) is 7.07. The quantitative estimate of drug-likeness (QED) is 0.918. The van der Waals surface area contributed by atoms with E-state index >= 15 is 0 Å². The van der Waals surface area contributed by atoms with Crippen molar-refractivity contribution >= 4 is 11.3 Å². The van der Waals surface area contributed by atoms with Gasteiger partial charge in [0.1, 0.15) is 5.01 Å². The molecule has 20 heavy (non-hydrogen) atoms. The molecule has 0 aromatic carbocycles. The smallest absolute Gasteiger partial charge is 0.109 e. The molecule has 0 aliphatic carbocycles. The Hall–Kier alpha value is -1.20. The van der Waals surface area contributed by atoms with E-state index in [4.69, 9.17) is 0 Å². The third-order valence-corrected chi connectivity index (χ3v) is 4.20. The minimum Gasteiger partial charge on any atom is -0.304 e. The van der Waals surface area contributed by atoms with Gasteiger partial charge in [0, 0.05) is 42.3 Å². The maximum Gasteiger partial charge on any atom is 0.109 e. The van der Waals surface area contributed by atoms with E-state index in [-0.39, 0.29) is 5.41 Å². The van der Waals surface area contributed by atoms with Gasteiger partial charge >= 0.3 is 0 Å². The van der Waals surface area contributed by atoms with Gasteiger partial charge in [-0.05, 0) is 6.42 Å². The van der Waals surface area contributed by atoms with Crippen LogP contribution in [0.2, 0.25) is 0 Å². The molecule has 4 nitrogen and oxygen atoms in total. The number of nitrogens with one attached hydrogen (secondary N) is 1. The largest absolute Gasteiger partial charge is 0.304 e. The van der Waals surface area contributed by atoms with Crippen LogP contribution in [0.1, 0.15) is 56.4 Å². The molecule has 5 heteroatoms. The van der Waals surface area contributed by atoms with Crippen LogP contribution in [0.5, 0.6) is 0 Å². The molecule has 0 bridgehead atoms. The number of thiazole rings is 1. The standard InChI is InChI=1S/C15H24N4S/c1-6-12(14-16-7-8-20-14)17-9-11-10-19(5)18-13(11)15(2,3)4/h7-8,10,12,17H,6,9H2,1-5H3. The lowest BCUT2D eigenvalue weighted by Crippen LogP contribution is -2.22. The summed E-state index contributed by atoms with van der Waals surface area (Å²) in [6.07, 6.45) is 5.02. The SMILES string of the molecule is CCC(NCc1cn(C)nc1C(C)(C)C)c1nccs1. The van der Waals surface area contributed by atoms with Crippen molar-refractivity contribution in [1.29, 1.82) is 0 Å². The van der Waals surface area contributed by atoms with Crippen molar-refractivity contribution in [1.82, 2.24) is 20.1 Å². The molecule has 0 amide bonds. The van der Waals surface area contributed by atoms with Crippen LogP contribution in [-0.4, -0.2) is 14.8 Å². The molecule has 1 N–H and O–H groups in total. The number of hydrogen-bond acceptors (Lipinski definition) is 4. The fraction of sp³-hybridized carbons (Fsp3) is 0.600. The van der Waals surface area contributed by atoms with E-state index in [1.807, 2.05) is 23.3 Å². The number of aryl methyl sites for hydroxylation is 1. The maximum atomic E-state index is 4.61. The molecule has 0 saturated heterocycles.